The van der Waals surface area contributed by atoms with Gasteiger partial charge in [0, 0.05) is 0 Å². The zero-order valence-electron chi connectivity index (χ0n) is 6.94. The molecule has 0 saturated heterocycles. The minimum atomic E-state index is -0.949. The second-order valence-electron chi connectivity index (χ2n) is 2.41. The minimum absolute atomic E-state index is 0.259. The van der Waals surface area contributed by atoms with Crippen LogP contribution in [0.2, 0.25) is 0 Å². The number of hydrogen-bond donors (Lipinski definition) is 2. The van der Waals surface area contributed by atoms with Crippen molar-refractivity contribution < 1.29 is 15.0 Å². The molecular weight excluding hydrogens is 188 g/mol. The van der Waals surface area contributed by atoms with Crippen molar-refractivity contribution in [3.8, 4) is 11.8 Å². The molecule has 1 rings (SSSR count). The molecule has 0 fully saturated rings. The van der Waals surface area contributed by atoms with Crippen LogP contribution in [0.25, 0.3) is 0 Å². The second-order valence-corrected chi connectivity index (χ2v) is 3.50. The first-order chi connectivity index (χ1) is 6.09. The minimum Gasteiger partial charge on any atom is -0.477 e. The lowest BCUT2D eigenvalue weighted by molar-refractivity contribution is 0.0702. The molecule has 68 valence electrons. The van der Waals surface area contributed by atoms with Crippen molar-refractivity contribution in [2.24, 2.45) is 0 Å². The van der Waals surface area contributed by atoms with Crippen molar-refractivity contribution in [1.82, 2.24) is 0 Å². The predicted octanol–water partition coefficient (Wildman–Crippen LogP) is 1.18. The maximum absolute atomic E-state index is 10.5. The normalized spacial score (nSPS) is 11.5. The number of aliphatic hydroxyl groups is 1. The third kappa shape index (κ3) is 2.90. The Kier molecular flexibility index (Phi) is 3.07. The van der Waals surface area contributed by atoms with Gasteiger partial charge in [-0.2, -0.15) is 0 Å². The van der Waals surface area contributed by atoms with Crippen molar-refractivity contribution in [1.29, 1.82) is 0 Å². The van der Waals surface area contributed by atoms with Gasteiger partial charge in [-0.1, -0.05) is 11.8 Å². The molecule has 3 nitrogen and oxygen atoms in total. The van der Waals surface area contributed by atoms with Gasteiger partial charge in [-0.05, 0) is 19.1 Å². The maximum Gasteiger partial charge on any atom is 0.345 e. The van der Waals surface area contributed by atoms with Crippen LogP contribution in [-0.4, -0.2) is 22.3 Å². The van der Waals surface area contributed by atoms with Crippen LogP contribution in [0.15, 0.2) is 12.1 Å². The molecule has 0 amide bonds. The first kappa shape index (κ1) is 9.78. The quantitative estimate of drug-likeness (QED) is 0.663. The van der Waals surface area contributed by atoms with Crippen LogP contribution in [0.1, 0.15) is 21.5 Å². The Morgan fingerprint density at radius 3 is 2.77 bits per heavy atom. The third-order valence-corrected chi connectivity index (χ3v) is 2.21. The van der Waals surface area contributed by atoms with E-state index in [1.807, 2.05) is 0 Å². The Morgan fingerprint density at radius 1 is 1.62 bits per heavy atom. The molecule has 0 aliphatic carbocycles. The summed E-state index contributed by atoms with van der Waals surface area (Å²) in [6.07, 6.45) is -0.685. The number of carboxylic acids is 1. The summed E-state index contributed by atoms with van der Waals surface area (Å²) in [7, 11) is 0. The van der Waals surface area contributed by atoms with Crippen molar-refractivity contribution in [3.05, 3.63) is 21.9 Å². The van der Waals surface area contributed by atoms with E-state index in [4.69, 9.17) is 10.2 Å². The Hall–Kier alpha value is -1.31. The van der Waals surface area contributed by atoms with Gasteiger partial charge in [0.25, 0.3) is 0 Å². The van der Waals surface area contributed by atoms with Crippen LogP contribution in [0.5, 0.6) is 0 Å². The molecule has 0 aromatic carbocycles. The summed E-state index contributed by atoms with van der Waals surface area (Å²) < 4.78 is 0. The third-order valence-electron chi connectivity index (χ3n) is 1.22. The lowest BCUT2D eigenvalue weighted by Gasteiger charge is -1.85. The molecule has 0 spiro atoms. The zero-order chi connectivity index (χ0) is 9.84. The lowest BCUT2D eigenvalue weighted by atomic mass is 10.3. The number of thiophene rings is 1. The van der Waals surface area contributed by atoms with Gasteiger partial charge in [-0.25, -0.2) is 4.79 Å². The molecule has 0 aliphatic rings. The highest BCUT2D eigenvalue weighted by atomic mass is 32.1. The van der Waals surface area contributed by atoms with Gasteiger partial charge in [0.05, 0.1) is 4.88 Å². The van der Waals surface area contributed by atoms with E-state index in [-0.39, 0.29) is 4.88 Å². The van der Waals surface area contributed by atoms with Gasteiger partial charge >= 0.3 is 5.97 Å². The first-order valence-corrected chi connectivity index (χ1v) is 4.44. The molecule has 1 atom stereocenters. The van der Waals surface area contributed by atoms with Gasteiger partial charge in [0.1, 0.15) is 11.0 Å². The Balaban J connectivity index is 2.83. The van der Waals surface area contributed by atoms with Crippen LogP contribution in [-0.2, 0) is 0 Å². The summed E-state index contributed by atoms with van der Waals surface area (Å²) in [4.78, 5) is 11.4. The van der Waals surface area contributed by atoms with E-state index in [0.717, 1.165) is 11.3 Å². The fourth-order valence-corrected chi connectivity index (χ4v) is 1.40. The highest BCUT2D eigenvalue weighted by Gasteiger charge is 2.04. The molecule has 0 bridgehead atoms. The number of rotatable bonds is 1. The fraction of sp³-hybridized carbons (Fsp3) is 0.222. The van der Waals surface area contributed by atoms with Crippen LogP contribution >= 0.6 is 11.3 Å². The van der Waals surface area contributed by atoms with E-state index >= 15 is 0 Å². The summed E-state index contributed by atoms with van der Waals surface area (Å²) in [5.74, 6) is 4.26. The van der Waals surface area contributed by atoms with Crippen LogP contribution in [0, 0.1) is 11.8 Å². The molecule has 13 heavy (non-hydrogen) atoms. The molecule has 0 radical (unpaired) electrons. The monoisotopic (exact) mass is 196 g/mol. The summed E-state index contributed by atoms with van der Waals surface area (Å²) >= 11 is 1.10. The molecule has 2 N–H and O–H groups in total. The summed E-state index contributed by atoms with van der Waals surface area (Å²) in [5.41, 5.74) is 0. The summed E-state index contributed by atoms with van der Waals surface area (Å²) in [6.45, 7) is 1.55. The van der Waals surface area contributed by atoms with Crippen molar-refractivity contribution in [2.45, 2.75) is 13.0 Å². The molecule has 4 heteroatoms. The molecule has 0 aliphatic heterocycles. The standard InChI is InChI=1S/C9H8O3S/c1-6(10)2-3-7-4-5-8(13-7)9(11)12/h4-6,10H,1H3,(H,11,12)/t6-/m0/s1. The summed E-state index contributed by atoms with van der Waals surface area (Å²) in [5, 5.41) is 17.4. The Labute approximate surface area is 79.6 Å². The number of carbonyl (C=O) groups is 1. The SMILES string of the molecule is C[C@H](O)C#Cc1ccc(C(=O)O)s1. The van der Waals surface area contributed by atoms with Crippen LogP contribution in [0.3, 0.4) is 0 Å². The molecule has 0 saturated carbocycles. The van der Waals surface area contributed by atoms with Crippen LogP contribution in [0.4, 0.5) is 0 Å². The molecule has 0 unspecified atom stereocenters. The van der Waals surface area contributed by atoms with E-state index in [1.54, 1.807) is 13.0 Å². The highest BCUT2D eigenvalue weighted by Crippen LogP contribution is 2.14. The van der Waals surface area contributed by atoms with Gasteiger partial charge in [0.15, 0.2) is 0 Å². The van der Waals surface area contributed by atoms with Gasteiger partial charge in [0.2, 0.25) is 0 Å². The van der Waals surface area contributed by atoms with E-state index in [1.165, 1.54) is 6.07 Å². The van der Waals surface area contributed by atoms with Crippen molar-refractivity contribution >= 4 is 17.3 Å². The Bertz CT molecular complexity index is 368. The number of aromatic carboxylic acids is 1. The predicted molar refractivity (Wildman–Crippen MR) is 49.8 cm³/mol. The Morgan fingerprint density at radius 2 is 2.31 bits per heavy atom. The number of aliphatic hydroxyl groups excluding tert-OH is 1. The van der Waals surface area contributed by atoms with E-state index in [0.29, 0.717) is 4.88 Å². The molecule has 1 aromatic rings. The van der Waals surface area contributed by atoms with E-state index in [2.05, 4.69) is 11.8 Å². The van der Waals surface area contributed by atoms with Crippen molar-refractivity contribution in [2.75, 3.05) is 0 Å². The molecule has 1 aromatic heterocycles. The largest absolute Gasteiger partial charge is 0.477 e. The van der Waals surface area contributed by atoms with Crippen molar-refractivity contribution in [3.63, 3.8) is 0 Å². The summed E-state index contributed by atoms with van der Waals surface area (Å²) in [6, 6.07) is 3.13. The lowest BCUT2D eigenvalue weighted by Crippen LogP contribution is -1.92. The van der Waals surface area contributed by atoms with Crippen LogP contribution < -0.4 is 0 Å². The average Bonchev–Trinajstić information content (AvgIpc) is 2.48. The van der Waals surface area contributed by atoms with Gasteiger partial charge < -0.3 is 10.2 Å². The average molecular weight is 196 g/mol. The first-order valence-electron chi connectivity index (χ1n) is 3.62. The number of hydrogen-bond acceptors (Lipinski definition) is 3. The maximum atomic E-state index is 10.5. The van der Waals surface area contributed by atoms with E-state index < -0.39 is 12.1 Å². The smallest absolute Gasteiger partial charge is 0.345 e. The highest BCUT2D eigenvalue weighted by molar-refractivity contribution is 7.14. The zero-order valence-corrected chi connectivity index (χ0v) is 7.76. The second kappa shape index (κ2) is 4.08. The van der Waals surface area contributed by atoms with Gasteiger partial charge in [-0.3, -0.25) is 0 Å². The van der Waals surface area contributed by atoms with Gasteiger partial charge in [-0.15, -0.1) is 11.3 Å². The molecule has 1 heterocycles. The number of carboxylic acid groups (broad SMARTS) is 1. The fourth-order valence-electron chi connectivity index (χ4n) is 0.696. The molecular formula is C9H8O3S. The van der Waals surface area contributed by atoms with E-state index in [9.17, 15) is 4.79 Å². The topological polar surface area (TPSA) is 57.5 Å².